The van der Waals surface area contributed by atoms with Crippen LogP contribution in [0.1, 0.15) is 30.5 Å². The molecule has 0 heterocycles. The number of hydrogen-bond acceptors (Lipinski definition) is 2. The second kappa shape index (κ2) is 8.15. The average Bonchev–Trinajstić information content (AvgIpc) is 2.51. The molecular weight excluding hydrogens is 441 g/mol. The molecule has 0 aromatic heterocycles. The Bertz CT molecular complexity index is 603. The van der Waals surface area contributed by atoms with Crippen LogP contribution in [0.25, 0.3) is 0 Å². The third kappa shape index (κ3) is 4.44. The normalized spacial score (nSPS) is 12.2. The summed E-state index contributed by atoms with van der Waals surface area (Å²) >= 11 is 5.97. The van der Waals surface area contributed by atoms with Crippen molar-refractivity contribution in [3.63, 3.8) is 0 Å². The molecule has 2 aromatic rings. The minimum Gasteiger partial charge on any atom is -0.497 e. The molecule has 2 rings (SSSR count). The molecule has 0 saturated carbocycles. The lowest BCUT2D eigenvalue weighted by Gasteiger charge is -2.21. The summed E-state index contributed by atoms with van der Waals surface area (Å²) in [4.78, 5) is 0. The predicted octanol–water partition coefficient (Wildman–Crippen LogP) is 5.15. The van der Waals surface area contributed by atoms with Gasteiger partial charge in [-0.1, -0.05) is 35.0 Å². The molecule has 0 radical (unpaired) electrons. The number of nitrogens with one attached hydrogen (secondary N) is 1. The van der Waals surface area contributed by atoms with Crippen LogP contribution < -0.4 is 10.1 Å². The summed E-state index contributed by atoms with van der Waals surface area (Å²) in [6.45, 7) is 3.16. The first-order valence-corrected chi connectivity index (χ1v) is 8.85. The second-order valence-corrected chi connectivity index (χ2v) is 6.91. The van der Waals surface area contributed by atoms with Gasteiger partial charge in [0.25, 0.3) is 0 Å². The molecule has 0 saturated heterocycles. The minimum atomic E-state index is 0.171. The van der Waals surface area contributed by atoms with Crippen molar-refractivity contribution in [1.82, 2.24) is 5.32 Å². The van der Waals surface area contributed by atoms with E-state index in [1.165, 1.54) is 14.7 Å². The Morgan fingerprint density at radius 2 is 2.05 bits per heavy atom. The molecular formula is C17H19BrINO. The number of rotatable bonds is 6. The van der Waals surface area contributed by atoms with E-state index < -0.39 is 0 Å². The van der Waals surface area contributed by atoms with Crippen LogP contribution >= 0.6 is 38.5 Å². The van der Waals surface area contributed by atoms with Gasteiger partial charge in [-0.25, -0.2) is 0 Å². The average molecular weight is 460 g/mol. The number of halogens is 2. The van der Waals surface area contributed by atoms with Gasteiger partial charge in [0, 0.05) is 8.04 Å². The van der Waals surface area contributed by atoms with Gasteiger partial charge < -0.3 is 10.1 Å². The molecule has 1 unspecified atom stereocenters. The SMILES string of the molecule is CCCNC(c1cccc(OC)c1)c1cc(Br)ccc1I. The molecule has 0 aliphatic heterocycles. The molecule has 0 aliphatic rings. The van der Waals surface area contributed by atoms with Crippen LogP contribution in [0.15, 0.2) is 46.9 Å². The van der Waals surface area contributed by atoms with E-state index in [-0.39, 0.29) is 6.04 Å². The van der Waals surface area contributed by atoms with Crippen LogP contribution in [0.3, 0.4) is 0 Å². The van der Waals surface area contributed by atoms with Crippen molar-refractivity contribution in [2.45, 2.75) is 19.4 Å². The van der Waals surface area contributed by atoms with E-state index >= 15 is 0 Å². The first kappa shape index (κ1) is 16.8. The highest BCUT2D eigenvalue weighted by molar-refractivity contribution is 14.1. The number of benzene rings is 2. The lowest BCUT2D eigenvalue weighted by molar-refractivity contribution is 0.413. The van der Waals surface area contributed by atoms with Crippen molar-refractivity contribution < 1.29 is 4.74 Å². The smallest absolute Gasteiger partial charge is 0.119 e. The lowest BCUT2D eigenvalue weighted by atomic mass is 9.98. The molecule has 0 aliphatic carbocycles. The van der Waals surface area contributed by atoms with Gasteiger partial charge >= 0.3 is 0 Å². The third-order valence-electron chi connectivity index (χ3n) is 3.29. The summed E-state index contributed by atoms with van der Waals surface area (Å²) in [5, 5.41) is 3.64. The fourth-order valence-corrected chi connectivity index (χ4v) is 3.28. The first-order chi connectivity index (χ1) is 10.2. The molecule has 4 heteroatoms. The summed E-state index contributed by atoms with van der Waals surface area (Å²) in [6, 6.07) is 14.8. The van der Waals surface area contributed by atoms with Crippen molar-refractivity contribution in [1.29, 1.82) is 0 Å². The Morgan fingerprint density at radius 3 is 2.76 bits per heavy atom. The molecule has 21 heavy (non-hydrogen) atoms. The van der Waals surface area contributed by atoms with Crippen LogP contribution in [-0.2, 0) is 0 Å². The Hall–Kier alpha value is -0.590. The molecule has 0 amide bonds. The fourth-order valence-electron chi connectivity index (χ4n) is 2.25. The number of methoxy groups -OCH3 is 1. The van der Waals surface area contributed by atoms with Crippen molar-refractivity contribution >= 4 is 38.5 Å². The van der Waals surface area contributed by atoms with Gasteiger partial charge in [-0.3, -0.25) is 0 Å². The van der Waals surface area contributed by atoms with Crippen LogP contribution in [0.4, 0.5) is 0 Å². The van der Waals surface area contributed by atoms with Crippen molar-refractivity contribution in [2.75, 3.05) is 13.7 Å². The summed E-state index contributed by atoms with van der Waals surface area (Å²) < 4.78 is 7.72. The molecule has 0 spiro atoms. The van der Waals surface area contributed by atoms with E-state index in [0.29, 0.717) is 0 Å². The van der Waals surface area contributed by atoms with Crippen LogP contribution in [0.5, 0.6) is 5.75 Å². The van der Waals surface area contributed by atoms with Gasteiger partial charge in [-0.2, -0.15) is 0 Å². The number of ether oxygens (including phenoxy) is 1. The van der Waals surface area contributed by atoms with Crippen molar-refractivity contribution in [2.24, 2.45) is 0 Å². The van der Waals surface area contributed by atoms with Crippen molar-refractivity contribution in [3.05, 3.63) is 61.6 Å². The van der Waals surface area contributed by atoms with Gasteiger partial charge in [0.15, 0.2) is 0 Å². The minimum absolute atomic E-state index is 0.171. The summed E-state index contributed by atoms with van der Waals surface area (Å²) in [5.74, 6) is 0.890. The zero-order valence-electron chi connectivity index (χ0n) is 12.2. The van der Waals surface area contributed by atoms with E-state index in [0.717, 1.165) is 23.2 Å². The molecule has 1 N–H and O–H groups in total. The molecule has 2 nitrogen and oxygen atoms in total. The van der Waals surface area contributed by atoms with Crippen molar-refractivity contribution in [3.8, 4) is 5.75 Å². The van der Waals surface area contributed by atoms with Gasteiger partial charge in [0.1, 0.15) is 5.75 Å². The Kier molecular flexibility index (Phi) is 6.51. The maximum atomic E-state index is 5.36. The van der Waals surface area contributed by atoms with E-state index in [2.05, 4.69) is 81.1 Å². The van der Waals surface area contributed by atoms with E-state index in [4.69, 9.17) is 4.74 Å². The summed E-state index contributed by atoms with van der Waals surface area (Å²) in [5.41, 5.74) is 2.51. The molecule has 0 fully saturated rings. The van der Waals surface area contributed by atoms with Crippen LogP contribution in [0, 0.1) is 3.57 Å². The van der Waals surface area contributed by atoms with E-state index in [9.17, 15) is 0 Å². The standard InChI is InChI=1S/C17H19BrINO/c1-3-9-20-17(12-5-4-6-14(10-12)21-2)15-11-13(18)7-8-16(15)19/h4-8,10-11,17,20H,3,9H2,1-2H3. The molecule has 2 aromatic carbocycles. The largest absolute Gasteiger partial charge is 0.497 e. The summed E-state index contributed by atoms with van der Waals surface area (Å²) in [7, 11) is 1.70. The molecule has 1 atom stereocenters. The maximum Gasteiger partial charge on any atom is 0.119 e. The molecule has 0 bridgehead atoms. The number of hydrogen-bond donors (Lipinski definition) is 1. The second-order valence-electron chi connectivity index (χ2n) is 4.83. The molecule has 112 valence electrons. The lowest BCUT2D eigenvalue weighted by Crippen LogP contribution is -2.24. The Morgan fingerprint density at radius 1 is 1.24 bits per heavy atom. The van der Waals surface area contributed by atoms with Crippen LogP contribution in [0.2, 0.25) is 0 Å². The zero-order valence-corrected chi connectivity index (χ0v) is 15.9. The van der Waals surface area contributed by atoms with Gasteiger partial charge in [-0.05, 0) is 77.0 Å². The van der Waals surface area contributed by atoms with Gasteiger partial charge in [0.2, 0.25) is 0 Å². The first-order valence-electron chi connectivity index (χ1n) is 6.98. The predicted molar refractivity (Wildman–Crippen MR) is 100.0 cm³/mol. The zero-order chi connectivity index (χ0) is 15.2. The Balaban J connectivity index is 2.44. The summed E-state index contributed by atoms with van der Waals surface area (Å²) in [6.07, 6.45) is 1.10. The van der Waals surface area contributed by atoms with Gasteiger partial charge in [0.05, 0.1) is 13.2 Å². The highest BCUT2D eigenvalue weighted by Crippen LogP contribution is 2.30. The quantitative estimate of drug-likeness (QED) is 0.603. The third-order valence-corrected chi connectivity index (χ3v) is 4.77. The monoisotopic (exact) mass is 459 g/mol. The van der Waals surface area contributed by atoms with Crippen LogP contribution in [-0.4, -0.2) is 13.7 Å². The topological polar surface area (TPSA) is 21.3 Å². The maximum absolute atomic E-state index is 5.36. The van der Waals surface area contributed by atoms with Gasteiger partial charge in [-0.15, -0.1) is 0 Å². The highest BCUT2D eigenvalue weighted by atomic mass is 127. The van der Waals surface area contributed by atoms with E-state index in [1.54, 1.807) is 7.11 Å². The van der Waals surface area contributed by atoms with E-state index in [1.807, 2.05) is 12.1 Å². The fraction of sp³-hybridized carbons (Fsp3) is 0.294. The Labute approximate surface area is 148 Å². The highest BCUT2D eigenvalue weighted by Gasteiger charge is 2.17.